The average Bonchev–Trinajstić information content (AvgIpc) is 1.90. The van der Waals surface area contributed by atoms with E-state index in [0.717, 1.165) is 26.3 Å². The second-order valence-electron chi connectivity index (χ2n) is 1.73. The fourth-order valence-electron chi connectivity index (χ4n) is 0.580. The number of hydrogen-bond acceptors (Lipinski definition) is 2. The largest absolute Gasteiger partial charge is 1.00 e. The van der Waals surface area contributed by atoms with Crippen LogP contribution in [0.2, 0.25) is 0 Å². The molecule has 0 bridgehead atoms. The number of nitrogens with two attached hydrogens (primary N) is 1. The van der Waals surface area contributed by atoms with Crippen LogP contribution in [-0.2, 0) is 9.30 Å². The minimum atomic E-state index is -2.87. The Morgan fingerprint density at radius 2 is 1.64 bits per heavy atom. The Bertz CT molecular complexity index is 84.6. The van der Waals surface area contributed by atoms with Gasteiger partial charge in [-0.05, 0) is 0 Å². The third-order valence-electron chi connectivity index (χ3n) is 0.933. The van der Waals surface area contributed by atoms with Crippen LogP contribution in [0.5, 0.6) is 0 Å². The average molecular weight is 249 g/mol. The van der Waals surface area contributed by atoms with Crippen LogP contribution in [-0.4, -0.2) is 36.1 Å². The van der Waals surface area contributed by atoms with Gasteiger partial charge in [0.1, 0.15) is 0 Å². The molecule has 5 nitrogen and oxygen atoms in total. The minimum Gasteiger partial charge on any atom is -1.00 e. The molecule has 11 heavy (non-hydrogen) atoms. The Labute approximate surface area is 76.5 Å². The molecular formula is C4H12BrNO4P+. The fourth-order valence-corrected chi connectivity index (χ4v) is 0.580. The molecule has 68 valence electrons. The van der Waals surface area contributed by atoms with Crippen LogP contribution in [0.3, 0.4) is 0 Å². The first-order chi connectivity index (χ1) is 4.73. The van der Waals surface area contributed by atoms with Gasteiger partial charge in [0.15, 0.2) is 0 Å². The highest BCUT2D eigenvalue weighted by Gasteiger charge is 1.96. The van der Waals surface area contributed by atoms with Crippen molar-refractivity contribution in [1.29, 1.82) is 0 Å². The molecule has 4 N–H and O–H groups in total. The van der Waals surface area contributed by atoms with E-state index in [9.17, 15) is 0 Å². The normalized spacial score (nSPS) is 15.5. The maximum Gasteiger partial charge on any atom is 0.692 e. The Hall–Kier alpha value is 0.420. The number of ether oxygens (including phenoxy) is 1. The minimum absolute atomic E-state index is 0. The van der Waals surface area contributed by atoms with Crippen LogP contribution in [0.1, 0.15) is 0 Å². The van der Waals surface area contributed by atoms with Gasteiger partial charge in [0, 0.05) is 4.57 Å². The first-order valence-electron chi connectivity index (χ1n) is 2.98. The van der Waals surface area contributed by atoms with Gasteiger partial charge in [-0.25, -0.2) is 0 Å². The Kier molecular flexibility index (Phi) is 13.2. The first kappa shape index (κ1) is 14.0. The third kappa shape index (κ3) is 17.9. The van der Waals surface area contributed by atoms with Crippen molar-refractivity contribution in [3.8, 4) is 0 Å². The molecular weight excluding hydrogens is 237 g/mol. The summed E-state index contributed by atoms with van der Waals surface area (Å²) in [4.78, 5) is 14.2. The van der Waals surface area contributed by atoms with Gasteiger partial charge in [0.2, 0.25) is 0 Å². The van der Waals surface area contributed by atoms with Gasteiger partial charge in [0.05, 0.1) is 26.3 Å². The van der Waals surface area contributed by atoms with Crippen LogP contribution in [0, 0.1) is 0 Å². The van der Waals surface area contributed by atoms with E-state index in [-0.39, 0.29) is 17.0 Å². The van der Waals surface area contributed by atoms with Crippen LogP contribution in [0.15, 0.2) is 0 Å². The Morgan fingerprint density at radius 1 is 1.27 bits per heavy atom. The maximum atomic E-state index is 8.70. The summed E-state index contributed by atoms with van der Waals surface area (Å²) in [6, 6.07) is 0. The van der Waals surface area contributed by atoms with E-state index in [1.165, 1.54) is 0 Å². The molecule has 0 aromatic heterocycles. The molecule has 1 fully saturated rings. The molecule has 0 saturated carbocycles. The van der Waals surface area contributed by atoms with E-state index in [0.29, 0.717) is 0 Å². The SMILES string of the molecule is C1COCC[NH2+]1.O=[P+](O)O.[Br-]. The Morgan fingerprint density at radius 3 is 1.73 bits per heavy atom. The molecule has 1 aliphatic heterocycles. The van der Waals surface area contributed by atoms with E-state index in [2.05, 4.69) is 5.32 Å². The van der Waals surface area contributed by atoms with E-state index in [4.69, 9.17) is 19.1 Å². The van der Waals surface area contributed by atoms with Crippen LogP contribution >= 0.6 is 8.25 Å². The van der Waals surface area contributed by atoms with E-state index < -0.39 is 8.25 Å². The zero-order chi connectivity index (χ0) is 7.82. The molecule has 1 rings (SSSR count). The summed E-state index contributed by atoms with van der Waals surface area (Å²) in [5.41, 5.74) is 0. The van der Waals surface area contributed by atoms with Crippen molar-refractivity contribution in [2.45, 2.75) is 0 Å². The maximum absolute atomic E-state index is 8.70. The molecule has 0 atom stereocenters. The van der Waals surface area contributed by atoms with Gasteiger partial charge in [0.25, 0.3) is 0 Å². The number of morpholine rings is 1. The molecule has 0 aromatic rings. The van der Waals surface area contributed by atoms with Crippen molar-refractivity contribution in [3.63, 3.8) is 0 Å². The molecule has 0 spiro atoms. The van der Waals surface area contributed by atoms with E-state index in [1.807, 2.05) is 0 Å². The van der Waals surface area contributed by atoms with Crippen molar-refractivity contribution >= 4 is 8.25 Å². The lowest BCUT2D eigenvalue weighted by Gasteiger charge is -2.07. The van der Waals surface area contributed by atoms with Gasteiger partial charge in [-0.15, -0.1) is 9.79 Å². The Balaban J connectivity index is 0. The van der Waals surface area contributed by atoms with Gasteiger partial charge in [-0.1, -0.05) is 0 Å². The van der Waals surface area contributed by atoms with Gasteiger partial charge >= 0.3 is 8.25 Å². The van der Waals surface area contributed by atoms with Crippen LogP contribution < -0.4 is 22.3 Å². The zero-order valence-corrected chi connectivity index (χ0v) is 8.42. The summed E-state index contributed by atoms with van der Waals surface area (Å²) in [5, 5.41) is 2.27. The monoisotopic (exact) mass is 248 g/mol. The number of hydrogen-bond donors (Lipinski definition) is 3. The summed E-state index contributed by atoms with van der Waals surface area (Å²) in [6.07, 6.45) is 0. The van der Waals surface area contributed by atoms with Crippen molar-refractivity contribution in [1.82, 2.24) is 0 Å². The molecule has 1 aliphatic rings. The van der Waals surface area contributed by atoms with E-state index in [1.54, 1.807) is 0 Å². The topological polar surface area (TPSA) is 83.4 Å². The third-order valence-corrected chi connectivity index (χ3v) is 0.933. The number of halogens is 1. The molecule has 0 unspecified atom stereocenters. The molecule has 7 heteroatoms. The lowest BCUT2D eigenvalue weighted by Crippen LogP contribution is -3.00. The summed E-state index contributed by atoms with van der Waals surface area (Å²) < 4.78 is 13.7. The highest BCUT2D eigenvalue weighted by molar-refractivity contribution is 7.30. The van der Waals surface area contributed by atoms with Crippen LogP contribution in [0.25, 0.3) is 0 Å². The van der Waals surface area contributed by atoms with Crippen molar-refractivity contribution in [3.05, 3.63) is 0 Å². The lowest BCUT2D eigenvalue weighted by atomic mass is 10.5. The second kappa shape index (κ2) is 10.4. The highest BCUT2D eigenvalue weighted by Crippen LogP contribution is 1.98. The van der Waals surface area contributed by atoms with Gasteiger partial charge < -0.3 is 27.0 Å². The van der Waals surface area contributed by atoms with E-state index >= 15 is 0 Å². The first-order valence-corrected chi connectivity index (χ1v) is 4.14. The summed E-state index contributed by atoms with van der Waals surface area (Å²) in [5.74, 6) is 0. The van der Waals surface area contributed by atoms with Gasteiger partial charge in [-0.3, -0.25) is 0 Å². The number of quaternary nitrogens is 1. The lowest BCUT2D eigenvalue weighted by molar-refractivity contribution is -0.670. The fraction of sp³-hybridized carbons (Fsp3) is 1.00. The zero-order valence-electron chi connectivity index (χ0n) is 5.94. The van der Waals surface area contributed by atoms with Crippen molar-refractivity contribution < 1.29 is 41.4 Å². The molecule has 0 aliphatic carbocycles. The van der Waals surface area contributed by atoms with Gasteiger partial charge in [-0.2, -0.15) is 0 Å². The standard InChI is InChI=1S/C4H9NO.BrH.HO3P/c1-3-6-4-2-5-1;;1-4(2)3/h5H,1-4H2;1H;(H-,1,2,3)/p+1. The summed E-state index contributed by atoms with van der Waals surface area (Å²) in [6.45, 7) is 4.19. The van der Waals surface area contributed by atoms with Crippen molar-refractivity contribution in [2.75, 3.05) is 26.3 Å². The molecule has 1 heterocycles. The predicted octanol–water partition coefficient (Wildman–Crippen LogP) is -4.79. The van der Waals surface area contributed by atoms with Crippen molar-refractivity contribution in [2.24, 2.45) is 0 Å². The molecule has 0 amide bonds. The second-order valence-corrected chi connectivity index (χ2v) is 2.24. The number of rotatable bonds is 0. The van der Waals surface area contributed by atoms with Crippen LogP contribution in [0.4, 0.5) is 0 Å². The molecule has 0 aromatic carbocycles. The molecule has 1 saturated heterocycles. The predicted molar refractivity (Wildman–Crippen MR) is 34.5 cm³/mol. The highest BCUT2D eigenvalue weighted by atomic mass is 79.9. The summed E-state index contributed by atoms with van der Waals surface area (Å²) in [7, 11) is -2.87. The summed E-state index contributed by atoms with van der Waals surface area (Å²) >= 11 is 0. The molecule has 0 radical (unpaired) electrons. The quantitative estimate of drug-likeness (QED) is 0.376. The smallest absolute Gasteiger partial charge is 0.692 e.